The lowest BCUT2D eigenvalue weighted by molar-refractivity contribution is 0.103. The Morgan fingerprint density at radius 1 is 1.37 bits per heavy atom. The molecular weight excluding hydrogens is 341 g/mol. The summed E-state index contributed by atoms with van der Waals surface area (Å²) in [6.07, 6.45) is 8.10. The van der Waals surface area contributed by atoms with Crippen molar-refractivity contribution in [2.24, 2.45) is 0 Å². The first-order chi connectivity index (χ1) is 13.0. The van der Waals surface area contributed by atoms with E-state index in [9.17, 15) is 9.18 Å². The minimum Gasteiger partial charge on any atom is -0.474 e. The number of benzene rings is 1. The Labute approximate surface area is 159 Å². The molecule has 0 fully saturated rings. The van der Waals surface area contributed by atoms with E-state index < -0.39 is 0 Å². The predicted octanol–water partition coefficient (Wildman–Crippen LogP) is 5.61. The summed E-state index contributed by atoms with van der Waals surface area (Å²) >= 11 is 0. The lowest BCUT2D eigenvalue weighted by atomic mass is 9.92. The van der Waals surface area contributed by atoms with Gasteiger partial charge in [-0.15, -0.1) is 6.58 Å². The number of nitrogens with zero attached hydrogens (tertiary/aromatic N) is 1. The average molecular weight is 365 g/mol. The van der Waals surface area contributed by atoms with Crippen molar-refractivity contribution in [2.45, 2.75) is 45.6 Å². The van der Waals surface area contributed by atoms with Gasteiger partial charge < -0.3 is 4.74 Å². The van der Waals surface area contributed by atoms with Crippen LogP contribution >= 0.6 is 0 Å². The lowest BCUT2D eigenvalue weighted by Gasteiger charge is -2.26. The van der Waals surface area contributed by atoms with Crippen LogP contribution in [0.3, 0.4) is 0 Å². The van der Waals surface area contributed by atoms with E-state index in [2.05, 4.69) is 11.6 Å². The second kappa shape index (κ2) is 8.30. The third kappa shape index (κ3) is 4.16. The van der Waals surface area contributed by atoms with Gasteiger partial charge in [0.2, 0.25) is 11.7 Å². The molecule has 1 aliphatic rings. The van der Waals surface area contributed by atoms with Gasteiger partial charge in [-0.1, -0.05) is 31.2 Å². The molecule has 0 amide bonds. The fourth-order valence-electron chi connectivity index (χ4n) is 3.28. The number of carbonyl (C=O) groups is 1. The van der Waals surface area contributed by atoms with Gasteiger partial charge in [0.15, 0.2) is 0 Å². The van der Waals surface area contributed by atoms with Crippen LogP contribution in [0.15, 0.2) is 49.1 Å². The summed E-state index contributed by atoms with van der Waals surface area (Å²) in [7, 11) is 0. The number of aryl methyl sites for hydroxylation is 1. The Morgan fingerprint density at radius 3 is 2.89 bits per heavy atom. The highest BCUT2D eigenvalue weighted by Crippen LogP contribution is 2.37. The van der Waals surface area contributed by atoms with Gasteiger partial charge in [-0.3, -0.25) is 4.79 Å². The number of ketones is 1. The van der Waals surface area contributed by atoms with Crippen LogP contribution in [0.4, 0.5) is 4.39 Å². The molecule has 0 spiro atoms. The smallest absolute Gasteiger partial charge is 0.218 e. The zero-order chi connectivity index (χ0) is 19.4. The van der Waals surface area contributed by atoms with Gasteiger partial charge >= 0.3 is 0 Å². The third-order valence-corrected chi connectivity index (χ3v) is 4.68. The number of allylic oxidation sites excluding steroid dienone is 2. The molecule has 3 rings (SSSR count). The molecule has 0 unspecified atom stereocenters. The number of halogens is 1. The third-order valence-electron chi connectivity index (χ3n) is 4.68. The summed E-state index contributed by atoms with van der Waals surface area (Å²) in [6, 6.07) is 6.82. The normalized spacial score (nSPS) is 16.0. The summed E-state index contributed by atoms with van der Waals surface area (Å²) in [4.78, 5) is 17.0. The highest BCUT2D eigenvalue weighted by molar-refractivity contribution is 6.04. The van der Waals surface area contributed by atoms with Crippen LogP contribution in [0.25, 0.3) is 11.1 Å². The molecule has 1 atom stereocenters. The van der Waals surface area contributed by atoms with Gasteiger partial charge in [-0.2, -0.15) is 0 Å². The fourth-order valence-corrected chi connectivity index (χ4v) is 3.28. The van der Waals surface area contributed by atoms with Crippen LogP contribution in [-0.2, 0) is 6.42 Å². The molecule has 1 aliphatic heterocycles. The van der Waals surface area contributed by atoms with Gasteiger partial charge in [-0.25, -0.2) is 9.37 Å². The van der Waals surface area contributed by atoms with Crippen molar-refractivity contribution in [3.63, 3.8) is 0 Å². The summed E-state index contributed by atoms with van der Waals surface area (Å²) in [5, 5.41) is 0. The molecule has 0 aliphatic carbocycles. The zero-order valence-electron chi connectivity index (χ0n) is 15.8. The van der Waals surface area contributed by atoms with Gasteiger partial charge in [0, 0.05) is 17.5 Å². The maximum Gasteiger partial charge on any atom is 0.218 e. The molecule has 0 saturated carbocycles. The van der Waals surface area contributed by atoms with Crippen molar-refractivity contribution in [1.82, 2.24) is 4.98 Å². The molecule has 4 heteroatoms. The van der Waals surface area contributed by atoms with E-state index in [1.165, 1.54) is 12.1 Å². The Hall–Kier alpha value is -2.75. The first-order valence-corrected chi connectivity index (χ1v) is 9.32. The van der Waals surface area contributed by atoms with Crippen LogP contribution < -0.4 is 4.74 Å². The molecule has 140 valence electrons. The number of hydrogen-bond donors (Lipinski definition) is 0. The van der Waals surface area contributed by atoms with Crippen molar-refractivity contribution in [3.8, 4) is 17.0 Å². The van der Waals surface area contributed by atoms with Gasteiger partial charge in [0.05, 0.1) is 0 Å². The molecule has 27 heavy (non-hydrogen) atoms. The topological polar surface area (TPSA) is 39.2 Å². The van der Waals surface area contributed by atoms with Crippen molar-refractivity contribution < 1.29 is 13.9 Å². The number of pyridine rings is 1. The van der Waals surface area contributed by atoms with Crippen LogP contribution in [-0.4, -0.2) is 16.9 Å². The number of rotatable bonds is 6. The maximum absolute atomic E-state index is 14.7. The Balaban J connectivity index is 2.13. The largest absolute Gasteiger partial charge is 0.474 e. The molecule has 2 aromatic rings. The van der Waals surface area contributed by atoms with Crippen molar-refractivity contribution >= 4 is 5.78 Å². The fraction of sp³-hybridized carbons (Fsp3) is 0.304. The molecule has 0 radical (unpaired) electrons. The number of ether oxygens (including phenoxy) is 1. The first-order valence-electron chi connectivity index (χ1n) is 9.32. The molecule has 0 saturated heterocycles. The number of fused-ring (bicyclic) bond motifs is 1. The summed E-state index contributed by atoms with van der Waals surface area (Å²) in [5.41, 5.74) is 3.13. The number of aromatic nitrogens is 1. The Bertz CT molecular complexity index is 901. The summed E-state index contributed by atoms with van der Waals surface area (Å²) in [6.45, 7) is 7.57. The zero-order valence-corrected chi connectivity index (χ0v) is 15.8. The van der Waals surface area contributed by atoms with Crippen LogP contribution in [0.1, 0.15) is 47.8 Å². The minimum absolute atomic E-state index is 0.0187. The number of hydrogen-bond acceptors (Lipinski definition) is 3. The first kappa shape index (κ1) is 19.0. The van der Waals surface area contributed by atoms with E-state index in [4.69, 9.17) is 4.74 Å². The molecule has 2 heterocycles. The van der Waals surface area contributed by atoms with Crippen LogP contribution in [0, 0.1) is 12.7 Å². The van der Waals surface area contributed by atoms with Gasteiger partial charge in [-0.05, 0) is 55.5 Å². The monoisotopic (exact) mass is 365 g/mol. The van der Waals surface area contributed by atoms with Gasteiger partial charge in [0.25, 0.3) is 0 Å². The highest BCUT2D eigenvalue weighted by Gasteiger charge is 2.26. The standard InChI is InChI=1S/C23H24FNO2/c1-4-6-8-22(26)21-14-19(17-11-9-15(3)13-20(17)24)18-12-10-16(7-5-2)27-23(18)25-21/h5-6,8-9,11,13-14,16H,2,4,7,10,12H2,1,3H3/b8-6-/t16-/m1/s1. The van der Waals surface area contributed by atoms with E-state index in [1.807, 2.05) is 26.0 Å². The summed E-state index contributed by atoms with van der Waals surface area (Å²) < 4.78 is 20.7. The molecule has 3 nitrogen and oxygen atoms in total. The molecule has 1 aromatic heterocycles. The van der Waals surface area contributed by atoms with Crippen molar-refractivity contribution in [3.05, 3.63) is 71.7 Å². The van der Waals surface area contributed by atoms with Crippen LogP contribution in [0.2, 0.25) is 0 Å². The molecule has 0 N–H and O–H groups in total. The highest BCUT2D eigenvalue weighted by atomic mass is 19.1. The second-order valence-electron chi connectivity index (χ2n) is 6.80. The summed E-state index contributed by atoms with van der Waals surface area (Å²) in [5.74, 6) is -0.0826. The SMILES string of the molecule is C=CC[C@@H]1CCc2c(-c3ccc(C)cc3F)cc(C(=O)/C=C\CC)nc2O1. The van der Waals surface area contributed by atoms with E-state index in [1.54, 1.807) is 18.2 Å². The average Bonchev–Trinajstić information content (AvgIpc) is 2.65. The predicted molar refractivity (Wildman–Crippen MR) is 106 cm³/mol. The Kier molecular flexibility index (Phi) is 5.84. The minimum atomic E-state index is -0.306. The number of carbonyl (C=O) groups excluding carboxylic acids is 1. The van der Waals surface area contributed by atoms with E-state index >= 15 is 0 Å². The second-order valence-corrected chi connectivity index (χ2v) is 6.80. The quantitative estimate of drug-likeness (QED) is 0.379. The van der Waals surface area contributed by atoms with Crippen molar-refractivity contribution in [1.29, 1.82) is 0 Å². The molecular formula is C23H24FNO2. The Morgan fingerprint density at radius 2 is 2.19 bits per heavy atom. The molecule has 1 aromatic carbocycles. The molecule has 0 bridgehead atoms. The van der Waals surface area contributed by atoms with Gasteiger partial charge in [0.1, 0.15) is 17.6 Å². The van der Waals surface area contributed by atoms with E-state index in [-0.39, 0.29) is 23.4 Å². The van der Waals surface area contributed by atoms with Crippen molar-refractivity contribution in [2.75, 3.05) is 0 Å². The van der Waals surface area contributed by atoms with E-state index in [0.29, 0.717) is 23.4 Å². The maximum atomic E-state index is 14.7. The lowest BCUT2D eigenvalue weighted by Crippen LogP contribution is -2.24. The van der Waals surface area contributed by atoms with E-state index in [0.717, 1.165) is 30.4 Å². The van der Waals surface area contributed by atoms with Crippen LogP contribution in [0.5, 0.6) is 5.88 Å².